The number of piperazine rings is 1. The highest BCUT2D eigenvalue weighted by molar-refractivity contribution is 5.80. The molecule has 0 saturated carbocycles. The number of benzene rings is 1. The molecule has 0 bridgehead atoms. The molecule has 1 aromatic carbocycles. The monoisotopic (exact) mass is 398 g/mol. The molecule has 2 heterocycles. The summed E-state index contributed by atoms with van der Waals surface area (Å²) in [5, 5.41) is 6.48. The number of rotatable bonds is 3. The van der Waals surface area contributed by atoms with Gasteiger partial charge in [0.15, 0.2) is 11.7 Å². The predicted molar refractivity (Wildman–Crippen MR) is 98.6 cm³/mol. The first-order valence-corrected chi connectivity index (χ1v) is 8.84. The minimum atomic E-state index is -4.51. The number of alkyl halides is 3. The van der Waals surface area contributed by atoms with E-state index in [2.05, 4.69) is 15.4 Å². The Labute approximate surface area is 160 Å². The van der Waals surface area contributed by atoms with Crippen LogP contribution < -0.4 is 10.2 Å². The standard InChI is InChI=1S/C18H22F4N6/c1-23-17(24-11-13-12-26(2)25-16(13)18(20,21)22)28-9-7-27(8-10-28)15-6-4-3-5-14(15)19/h3-6,12H,7-11H2,1-2H3,(H,23,24). The van der Waals surface area contributed by atoms with E-state index >= 15 is 0 Å². The second-order valence-corrected chi connectivity index (χ2v) is 6.50. The number of guanidine groups is 1. The first-order valence-electron chi connectivity index (χ1n) is 8.84. The molecule has 1 aromatic heterocycles. The Bertz CT molecular complexity index is 837. The van der Waals surface area contributed by atoms with Crippen LogP contribution in [0.3, 0.4) is 0 Å². The van der Waals surface area contributed by atoms with Gasteiger partial charge in [-0.2, -0.15) is 18.3 Å². The SMILES string of the molecule is CN=C(NCc1cn(C)nc1C(F)(F)F)N1CCN(c2ccccc2F)CC1. The summed E-state index contributed by atoms with van der Waals surface area (Å²) in [5.41, 5.74) is -0.293. The molecule has 0 radical (unpaired) electrons. The number of para-hydroxylation sites is 1. The van der Waals surface area contributed by atoms with Crippen molar-refractivity contribution in [3.8, 4) is 0 Å². The largest absolute Gasteiger partial charge is 0.435 e. The molecule has 10 heteroatoms. The molecule has 0 unspecified atom stereocenters. The van der Waals surface area contributed by atoms with Gasteiger partial charge in [0.1, 0.15) is 5.82 Å². The van der Waals surface area contributed by atoms with Gasteiger partial charge in [0.05, 0.1) is 5.69 Å². The second-order valence-electron chi connectivity index (χ2n) is 6.50. The van der Waals surface area contributed by atoms with Crippen LogP contribution in [0, 0.1) is 5.82 Å². The van der Waals surface area contributed by atoms with Crippen molar-refractivity contribution in [2.75, 3.05) is 38.1 Å². The molecular weight excluding hydrogens is 376 g/mol. The molecule has 0 spiro atoms. The van der Waals surface area contributed by atoms with Gasteiger partial charge < -0.3 is 15.1 Å². The van der Waals surface area contributed by atoms with Gasteiger partial charge in [-0.3, -0.25) is 9.67 Å². The number of aliphatic imine (C=N–C) groups is 1. The molecule has 1 saturated heterocycles. The van der Waals surface area contributed by atoms with Gasteiger partial charge >= 0.3 is 6.18 Å². The van der Waals surface area contributed by atoms with E-state index < -0.39 is 11.9 Å². The average Bonchev–Trinajstić information content (AvgIpc) is 3.04. The first kappa shape index (κ1) is 20.0. The average molecular weight is 398 g/mol. The molecule has 3 rings (SSSR count). The lowest BCUT2D eigenvalue weighted by atomic mass is 10.2. The van der Waals surface area contributed by atoms with Crippen LogP contribution >= 0.6 is 0 Å². The van der Waals surface area contributed by atoms with Crippen LogP contribution in [0.25, 0.3) is 0 Å². The third-order valence-electron chi connectivity index (χ3n) is 4.59. The molecule has 28 heavy (non-hydrogen) atoms. The fourth-order valence-corrected chi connectivity index (χ4v) is 3.28. The zero-order valence-corrected chi connectivity index (χ0v) is 15.7. The number of nitrogens with zero attached hydrogens (tertiary/aromatic N) is 5. The van der Waals surface area contributed by atoms with E-state index in [1.807, 2.05) is 9.80 Å². The smallest absolute Gasteiger partial charge is 0.366 e. The van der Waals surface area contributed by atoms with E-state index in [0.717, 1.165) is 4.68 Å². The van der Waals surface area contributed by atoms with Crippen LogP contribution in [-0.4, -0.2) is 53.9 Å². The molecule has 152 valence electrons. The number of aryl methyl sites for hydroxylation is 1. The van der Waals surface area contributed by atoms with Crippen molar-refractivity contribution in [2.24, 2.45) is 12.0 Å². The summed E-state index contributed by atoms with van der Waals surface area (Å²) in [5.74, 6) is 0.236. The van der Waals surface area contributed by atoms with E-state index in [9.17, 15) is 17.6 Å². The number of hydrogen-bond acceptors (Lipinski definition) is 3. The maximum Gasteiger partial charge on any atom is 0.435 e. The third kappa shape index (κ3) is 4.37. The Kier molecular flexibility index (Phi) is 5.76. The fourth-order valence-electron chi connectivity index (χ4n) is 3.28. The third-order valence-corrected chi connectivity index (χ3v) is 4.59. The van der Waals surface area contributed by atoms with E-state index in [1.165, 1.54) is 19.3 Å². The summed E-state index contributed by atoms with van der Waals surface area (Å²) in [6, 6.07) is 6.60. The van der Waals surface area contributed by atoms with E-state index in [0.29, 0.717) is 37.8 Å². The predicted octanol–water partition coefficient (Wildman–Crippen LogP) is 2.48. The molecule has 1 N–H and O–H groups in total. The Morgan fingerprint density at radius 2 is 1.86 bits per heavy atom. The quantitative estimate of drug-likeness (QED) is 0.490. The Hall–Kier alpha value is -2.78. The van der Waals surface area contributed by atoms with Crippen molar-refractivity contribution in [1.82, 2.24) is 20.0 Å². The van der Waals surface area contributed by atoms with Crippen LogP contribution in [0.15, 0.2) is 35.5 Å². The molecule has 6 nitrogen and oxygen atoms in total. The van der Waals surface area contributed by atoms with Gasteiger partial charge in [-0.25, -0.2) is 4.39 Å². The second kappa shape index (κ2) is 8.07. The van der Waals surface area contributed by atoms with E-state index in [-0.39, 0.29) is 17.9 Å². The van der Waals surface area contributed by atoms with Crippen LogP contribution in [0.5, 0.6) is 0 Å². The summed E-state index contributed by atoms with van der Waals surface area (Å²) < 4.78 is 54.3. The summed E-state index contributed by atoms with van der Waals surface area (Å²) in [6.07, 6.45) is -3.16. The van der Waals surface area contributed by atoms with Gasteiger partial charge in [0.25, 0.3) is 0 Å². The van der Waals surface area contributed by atoms with Crippen molar-refractivity contribution in [3.05, 3.63) is 47.5 Å². The van der Waals surface area contributed by atoms with Crippen molar-refractivity contribution in [2.45, 2.75) is 12.7 Å². The van der Waals surface area contributed by atoms with Crippen LogP contribution in [-0.2, 0) is 19.8 Å². The molecule has 2 aromatic rings. The number of nitrogens with one attached hydrogen (secondary N) is 1. The van der Waals surface area contributed by atoms with E-state index in [4.69, 9.17) is 0 Å². The molecule has 0 aliphatic carbocycles. The van der Waals surface area contributed by atoms with Crippen LogP contribution in [0.4, 0.5) is 23.2 Å². The number of halogens is 4. The summed E-state index contributed by atoms with van der Waals surface area (Å²) in [6.45, 7) is 2.29. The highest BCUT2D eigenvalue weighted by atomic mass is 19.4. The number of hydrogen-bond donors (Lipinski definition) is 1. The topological polar surface area (TPSA) is 48.7 Å². The van der Waals surface area contributed by atoms with Gasteiger partial charge in [-0.05, 0) is 12.1 Å². The molecule has 1 aliphatic heterocycles. The van der Waals surface area contributed by atoms with Crippen molar-refractivity contribution < 1.29 is 17.6 Å². The fraction of sp³-hybridized carbons (Fsp3) is 0.444. The minimum Gasteiger partial charge on any atom is -0.366 e. The van der Waals surface area contributed by atoms with E-state index in [1.54, 1.807) is 25.2 Å². The lowest BCUT2D eigenvalue weighted by Gasteiger charge is -2.37. The lowest BCUT2D eigenvalue weighted by Crippen LogP contribution is -2.52. The van der Waals surface area contributed by atoms with Crippen molar-refractivity contribution >= 4 is 11.6 Å². The molecule has 1 fully saturated rings. The molecule has 0 atom stereocenters. The molecule has 1 aliphatic rings. The van der Waals surface area contributed by atoms with Crippen molar-refractivity contribution in [1.29, 1.82) is 0 Å². The minimum absolute atomic E-state index is 0.0388. The first-order chi connectivity index (χ1) is 13.3. The Balaban J connectivity index is 1.61. The summed E-state index contributed by atoms with van der Waals surface area (Å²) in [4.78, 5) is 8.06. The van der Waals surface area contributed by atoms with Crippen LogP contribution in [0.1, 0.15) is 11.3 Å². The van der Waals surface area contributed by atoms with Crippen molar-refractivity contribution in [3.63, 3.8) is 0 Å². The zero-order chi connectivity index (χ0) is 20.3. The lowest BCUT2D eigenvalue weighted by molar-refractivity contribution is -0.142. The molecular formula is C18H22F4N6. The molecule has 0 amide bonds. The van der Waals surface area contributed by atoms with Gasteiger partial charge in [0, 0.05) is 58.6 Å². The van der Waals surface area contributed by atoms with Gasteiger partial charge in [0.2, 0.25) is 0 Å². The summed E-state index contributed by atoms with van der Waals surface area (Å²) in [7, 11) is 3.04. The number of aromatic nitrogens is 2. The van der Waals surface area contributed by atoms with Gasteiger partial charge in [-0.1, -0.05) is 12.1 Å². The Morgan fingerprint density at radius 1 is 1.18 bits per heavy atom. The summed E-state index contributed by atoms with van der Waals surface area (Å²) >= 11 is 0. The Morgan fingerprint density at radius 3 is 2.46 bits per heavy atom. The zero-order valence-electron chi connectivity index (χ0n) is 15.7. The maximum atomic E-state index is 13.9. The van der Waals surface area contributed by atoms with Crippen LogP contribution in [0.2, 0.25) is 0 Å². The highest BCUT2D eigenvalue weighted by Crippen LogP contribution is 2.30. The number of anilines is 1. The highest BCUT2D eigenvalue weighted by Gasteiger charge is 2.37. The van der Waals surface area contributed by atoms with Gasteiger partial charge in [-0.15, -0.1) is 0 Å². The maximum absolute atomic E-state index is 13.9. The normalized spacial score (nSPS) is 15.9.